The molecule has 0 atom stereocenters. The fraction of sp³-hybridized carbons (Fsp3) is 0. The van der Waals surface area contributed by atoms with Gasteiger partial charge in [-0.2, -0.15) is 0 Å². The van der Waals surface area contributed by atoms with Gasteiger partial charge in [-0.1, -0.05) is 0 Å². The van der Waals surface area contributed by atoms with E-state index in [4.69, 9.17) is 9.47 Å². The molecule has 0 spiro atoms. The van der Waals surface area contributed by atoms with E-state index in [2.05, 4.69) is 0 Å². The highest BCUT2D eigenvalue weighted by molar-refractivity contribution is 5.62. The van der Waals surface area contributed by atoms with Crippen LogP contribution in [0, 0.1) is 0 Å². The maximum Gasteiger partial charge on any atom is 0.211 e. The Kier molecular flexibility index (Phi) is 4.45. The number of ether oxygens (including phenoxy) is 2. The number of benzene rings is 3. The molecule has 10 heteroatoms. The molecule has 28 heavy (non-hydrogen) atoms. The van der Waals surface area contributed by atoms with Gasteiger partial charge >= 0.3 is 0 Å². The molecule has 0 radical (unpaired) electrons. The molecule has 0 aromatic heterocycles. The predicted molar refractivity (Wildman–Crippen MR) is 92.8 cm³/mol. The Hall–Kier alpha value is -4.34. The molecule has 0 saturated carbocycles. The maximum atomic E-state index is 10.1. The van der Waals surface area contributed by atoms with Gasteiger partial charge in [0.1, 0.15) is 17.2 Å². The predicted octanol–water partition coefficient (Wildman–Crippen LogP) is 2.92. The molecular weight excluding hydrogens is 376 g/mol. The van der Waals surface area contributed by atoms with Gasteiger partial charge in [0.2, 0.25) is 17.2 Å². The Morgan fingerprint density at radius 2 is 0.679 bits per heavy atom. The first-order valence-electron chi connectivity index (χ1n) is 7.57. The lowest BCUT2D eigenvalue weighted by Gasteiger charge is -2.14. The van der Waals surface area contributed by atoms with Gasteiger partial charge in [-0.3, -0.25) is 0 Å². The first kappa shape index (κ1) is 18.5. The van der Waals surface area contributed by atoms with Crippen LogP contribution in [0.15, 0.2) is 36.4 Å². The van der Waals surface area contributed by atoms with E-state index in [0.717, 1.165) is 36.4 Å². The summed E-state index contributed by atoms with van der Waals surface area (Å²) < 4.78 is 10.3. The van der Waals surface area contributed by atoms with E-state index in [0.29, 0.717) is 0 Å². The smallest absolute Gasteiger partial charge is 0.211 e. The monoisotopic (exact) mass is 390 g/mol. The van der Waals surface area contributed by atoms with Crippen LogP contribution in [0.5, 0.6) is 69.0 Å². The first-order valence-corrected chi connectivity index (χ1v) is 7.57. The third-order valence-electron chi connectivity index (χ3n) is 3.52. The molecule has 146 valence electrons. The Morgan fingerprint density at radius 1 is 0.393 bits per heavy atom. The highest BCUT2D eigenvalue weighted by Gasteiger charge is 2.20. The molecular formula is C18H14O10. The summed E-state index contributed by atoms with van der Waals surface area (Å²) in [4.78, 5) is 0. The lowest BCUT2D eigenvalue weighted by molar-refractivity contribution is 0.334. The zero-order valence-corrected chi connectivity index (χ0v) is 13.9. The van der Waals surface area contributed by atoms with Crippen molar-refractivity contribution < 1.29 is 50.3 Å². The van der Waals surface area contributed by atoms with E-state index < -0.39 is 63.2 Å². The van der Waals surface area contributed by atoms with E-state index in [1.165, 1.54) is 0 Å². The fourth-order valence-corrected chi connectivity index (χ4v) is 2.33. The minimum absolute atomic E-state index is 0.224. The van der Waals surface area contributed by atoms with Crippen LogP contribution in [0.4, 0.5) is 0 Å². The highest BCUT2D eigenvalue weighted by atomic mass is 16.5. The molecule has 0 saturated heterocycles. The molecule has 3 aromatic rings. The van der Waals surface area contributed by atoms with Crippen LogP contribution in [0.25, 0.3) is 0 Å². The summed E-state index contributed by atoms with van der Waals surface area (Å²) in [5, 5.41) is 77.7. The largest absolute Gasteiger partial charge is 0.508 e. The van der Waals surface area contributed by atoms with Crippen molar-refractivity contribution in [2.24, 2.45) is 0 Å². The normalized spacial score (nSPS) is 10.6. The Balaban J connectivity index is 1.94. The Morgan fingerprint density at radius 3 is 1.04 bits per heavy atom. The van der Waals surface area contributed by atoms with Gasteiger partial charge in [0.05, 0.1) is 0 Å². The lowest BCUT2D eigenvalue weighted by Crippen LogP contribution is -1.90. The SMILES string of the molecule is Oc1cc(O)c(Oc2cc(O)c(Oc3c(O)cc(O)cc3O)c(O)c2)c(O)c1. The zero-order valence-electron chi connectivity index (χ0n) is 13.9. The van der Waals surface area contributed by atoms with Crippen LogP contribution in [0.1, 0.15) is 0 Å². The van der Waals surface area contributed by atoms with Crippen LogP contribution in [-0.2, 0) is 0 Å². The molecule has 0 unspecified atom stereocenters. The molecule has 8 N–H and O–H groups in total. The number of rotatable bonds is 4. The second-order valence-corrected chi connectivity index (χ2v) is 5.62. The molecule has 10 nitrogen and oxygen atoms in total. The molecule has 0 aliphatic heterocycles. The van der Waals surface area contributed by atoms with Crippen molar-refractivity contribution in [2.75, 3.05) is 0 Å². The number of hydrogen-bond acceptors (Lipinski definition) is 10. The third-order valence-corrected chi connectivity index (χ3v) is 3.52. The summed E-state index contributed by atoms with van der Waals surface area (Å²) >= 11 is 0. The molecule has 3 aromatic carbocycles. The van der Waals surface area contributed by atoms with E-state index in [1.807, 2.05) is 0 Å². The van der Waals surface area contributed by atoms with E-state index >= 15 is 0 Å². The molecule has 3 rings (SSSR count). The second kappa shape index (κ2) is 6.76. The summed E-state index contributed by atoms with van der Waals surface area (Å²) in [6, 6.07) is 5.46. The molecule has 0 aliphatic rings. The minimum atomic E-state index is -0.681. The van der Waals surface area contributed by atoms with E-state index in [1.54, 1.807) is 0 Å². The highest BCUT2D eigenvalue weighted by Crippen LogP contribution is 2.49. The number of aromatic hydroxyl groups is 8. The second-order valence-electron chi connectivity index (χ2n) is 5.62. The average Bonchev–Trinajstić information content (AvgIpc) is 2.56. The molecule has 0 heterocycles. The van der Waals surface area contributed by atoms with Crippen molar-refractivity contribution in [3.63, 3.8) is 0 Å². The fourth-order valence-electron chi connectivity index (χ4n) is 2.33. The molecule has 0 aliphatic carbocycles. The summed E-state index contributed by atoms with van der Waals surface area (Å²) in [6.45, 7) is 0. The lowest BCUT2D eigenvalue weighted by atomic mass is 10.2. The first-order chi connectivity index (χ1) is 13.2. The molecule has 0 bridgehead atoms. The average molecular weight is 390 g/mol. The summed E-state index contributed by atoms with van der Waals surface area (Å²) in [6.07, 6.45) is 0. The van der Waals surface area contributed by atoms with Crippen molar-refractivity contribution in [3.8, 4) is 69.0 Å². The van der Waals surface area contributed by atoms with Gasteiger partial charge in [-0.25, -0.2) is 0 Å². The topological polar surface area (TPSA) is 180 Å². The van der Waals surface area contributed by atoms with Crippen molar-refractivity contribution in [3.05, 3.63) is 36.4 Å². The summed E-state index contributed by atoms with van der Waals surface area (Å²) in [5.41, 5.74) is 0. The van der Waals surface area contributed by atoms with Gasteiger partial charge in [0.15, 0.2) is 34.5 Å². The van der Waals surface area contributed by atoms with Gasteiger partial charge in [-0.15, -0.1) is 0 Å². The standard InChI is InChI=1S/C18H14O10/c19-7-1-10(21)16(11(22)2-7)27-9-5-14(25)18(15(26)6-9)28-17-12(23)3-8(20)4-13(17)24/h1-6,19-26H. The van der Waals surface area contributed by atoms with Gasteiger partial charge in [0, 0.05) is 36.4 Å². The Labute approximate surface area is 156 Å². The van der Waals surface area contributed by atoms with Crippen LogP contribution in [-0.4, -0.2) is 40.9 Å². The van der Waals surface area contributed by atoms with Crippen LogP contribution >= 0.6 is 0 Å². The number of hydrogen-bond donors (Lipinski definition) is 8. The van der Waals surface area contributed by atoms with Crippen molar-refractivity contribution in [1.29, 1.82) is 0 Å². The van der Waals surface area contributed by atoms with Crippen LogP contribution < -0.4 is 9.47 Å². The summed E-state index contributed by atoms with van der Waals surface area (Å²) in [5.74, 6) is -6.49. The third kappa shape index (κ3) is 3.46. The number of phenols is 8. The van der Waals surface area contributed by atoms with Crippen LogP contribution in [0.2, 0.25) is 0 Å². The van der Waals surface area contributed by atoms with Crippen LogP contribution in [0.3, 0.4) is 0 Å². The maximum absolute atomic E-state index is 10.1. The van der Waals surface area contributed by atoms with Gasteiger partial charge < -0.3 is 50.3 Å². The summed E-state index contributed by atoms with van der Waals surface area (Å²) in [7, 11) is 0. The van der Waals surface area contributed by atoms with Crippen molar-refractivity contribution in [2.45, 2.75) is 0 Å². The van der Waals surface area contributed by atoms with Crippen molar-refractivity contribution >= 4 is 0 Å². The van der Waals surface area contributed by atoms with Gasteiger partial charge in [-0.05, 0) is 0 Å². The van der Waals surface area contributed by atoms with Gasteiger partial charge in [0.25, 0.3) is 0 Å². The zero-order chi connectivity index (χ0) is 20.6. The molecule has 0 fully saturated rings. The van der Waals surface area contributed by atoms with E-state index in [-0.39, 0.29) is 5.75 Å². The molecule has 0 amide bonds. The van der Waals surface area contributed by atoms with Crippen molar-refractivity contribution in [1.82, 2.24) is 0 Å². The quantitative estimate of drug-likeness (QED) is 0.330. The minimum Gasteiger partial charge on any atom is -0.508 e. The Bertz CT molecular complexity index is 991. The number of phenolic OH excluding ortho intramolecular Hbond substituents is 8. The van der Waals surface area contributed by atoms with E-state index in [9.17, 15) is 40.9 Å².